The summed E-state index contributed by atoms with van der Waals surface area (Å²) in [5, 5.41) is 0.350. The molecule has 0 saturated heterocycles. The SMILES string of the molecule is CC(C)N(CCC(N)=S)C(=O)c1ccncc1Cl. The molecule has 1 rings (SSSR count). The molecular formula is C12H16ClN3OS. The number of pyridine rings is 1. The van der Waals surface area contributed by atoms with Crippen LogP contribution in [0.4, 0.5) is 0 Å². The molecule has 0 aliphatic heterocycles. The molecule has 2 N–H and O–H groups in total. The Labute approximate surface area is 117 Å². The molecule has 1 amide bonds. The topological polar surface area (TPSA) is 59.2 Å². The van der Waals surface area contributed by atoms with Gasteiger partial charge in [0.25, 0.3) is 5.91 Å². The van der Waals surface area contributed by atoms with E-state index < -0.39 is 0 Å². The van der Waals surface area contributed by atoms with Crippen molar-refractivity contribution in [2.75, 3.05) is 6.54 Å². The van der Waals surface area contributed by atoms with Gasteiger partial charge in [0, 0.05) is 31.4 Å². The molecule has 0 atom stereocenters. The number of thiocarbonyl (C=S) groups is 1. The maximum absolute atomic E-state index is 12.3. The number of amides is 1. The Hall–Kier alpha value is -1.20. The van der Waals surface area contributed by atoms with Crippen LogP contribution >= 0.6 is 23.8 Å². The zero-order valence-corrected chi connectivity index (χ0v) is 12.0. The molecule has 98 valence electrons. The van der Waals surface area contributed by atoms with Crippen LogP contribution in [0.1, 0.15) is 30.6 Å². The first-order valence-corrected chi connectivity index (χ1v) is 6.41. The van der Waals surface area contributed by atoms with Crippen molar-refractivity contribution in [2.24, 2.45) is 5.73 Å². The van der Waals surface area contributed by atoms with E-state index >= 15 is 0 Å². The predicted octanol–water partition coefficient (Wildman–Crippen LogP) is 2.26. The van der Waals surface area contributed by atoms with Crippen LogP contribution in [0.15, 0.2) is 18.5 Å². The number of nitrogens with zero attached hydrogens (tertiary/aromatic N) is 2. The molecule has 0 bridgehead atoms. The minimum Gasteiger partial charge on any atom is -0.393 e. The molecule has 0 saturated carbocycles. The Balaban J connectivity index is 2.90. The number of hydrogen-bond donors (Lipinski definition) is 1. The summed E-state index contributed by atoms with van der Waals surface area (Å²) >= 11 is 10.8. The van der Waals surface area contributed by atoms with Gasteiger partial charge in [-0.15, -0.1) is 0 Å². The summed E-state index contributed by atoms with van der Waals surface area (Å²) in [5.74, 6) is -0.131. The van der Waals surface area contributed by atoms with Crippen LogP contribution in [0.25, 0.3) is 0 Å². The van der Waals surface area contributed by atoms with Crippen molar-refractivity contribution in [2.45, 2.75) is 26.3 Å². The highest BCUT2D eigenvalue weighted by Crippen LogP contribution is 2.17. The van der Waals surface area contributed by atoms with Gasteiger partial charge < -0.3 is 10.6 Å². The van der Waals surface area contributed by atoms with E-state index in [0.717, 1.165) is 0 Å². The van der Waals surface area contributed by atoms with Gasteiger partial charge in [-0.05, 0) is 19.9 Å². The van der Waals surface area contributed by atoms with Gasteiger partial charge in [-0.3, -0.25) is 9.78 Å². The third-order valence-corrected chi connectivity index (χ3v) is 2.99. The number of rotatable bonds is 5. The highest BCUT2D eigenvalue weighted by Gasteiger charge is 2.20. The number of carbonyl (C=O) groups is 1. The zero-order chi connectivity index (χ0) is 13.7. The smallest absolute Gasteiger partial charge is 0.255 e. The van der Waals surface area contributed by atoms with Crippen LogP contribution in [0.5, 0.6) is 0 Å². The fraction of sp³-hybridized carbons (Fsp3) is 0.417. The first kappa shape index (κ1) is 14.9. The lowest BCUT2D eigenvalue weighted by Crippen LogP contribution is -2.39. The number of halogens is 1. The lowest BCUT2D eigenvalue weighted by molar-refractivity contribution is 0.0711. The second kappa shape index (κ2) is 6.66. The van der Waals surface area contributed by atoms with Gasteiger partial charge in [0.05, 0.1) is 15.6 Å². The summed E-state index contributed by atoms with van der Waals surface area (Å²) in [6, 6.07) is 1.66. The van der Waals surface area contributed by atoms with E-state index in [4.69, 9.17) is 29.6 Å². The van der Waals surface area contributed by atoms with E-state index in [0.29, 0.717) is 28.5 Å². The average molecular weight is 286 g/mol. The Morgan fingerprint density at radius 3 is 2.78 bits per heavy atom. The molecule has 18 heavy (non-hydrogen) atoms. The fourth-order valence-electron chi connectivity index (χ4n) is 1.53. The highest BCUT2D eigenvalue weighted by molar-refractivity contribution is 7.80. The molecule has 1 aromatic rings. The fourth-order valence-corrected chi connectivity index (χ4v) is 1.82. The van der Waals surface area contributed by atoms with Gasteiger partial charge in [0.2, 0.25) is 0 Å². The van der Waals surface area contributed by atoms with Crippen molar-refractivity contribution >= 4 is 34.7 Å². The van der Waals surface area contributed by atoms with E-state index in [1.54, 1.807) is 17.2 Å². The molecule has 1 aromatic heterocycles. The van der Waals surface area contributed by atoms with Crippen molar-refractivity contribution in [1.82, 2.24) is 9.88 Å². The van der Waals surface area contributed by atoms with Crippen molar-refractivity contribution in [3.63, 3.8) is 0 Å². The lowest BCUT2D eigenvalue weighted by atomic mass is 10.2. The number of carbonyl (C=O) groups excluding carboxylic acids is 1. The molecule has 0 unspecified atom stereocenters. The molecule has 0 radical (unpaired) electrons. The van der Waals surface area contributed by atoms with Gasteiger partial charge in [-0.1, -0.05) is 23.8 Å². The van der Waals surface area contributed by atoms with Gasteiger partial charge in [0.15, 0.2) is 0 Å². The summed E-state index contributed by atoms with van der Waals surface area (Å²) in [5.41, 5.74) is 5.91. The molecule has 0 aliphatic carbocycles. The highest BCUT2D eigenvalue weighted by atomic mass is 35.5. The summed E-state index contributed by atoms with van der Waals surface area (Å²) in [7, 11) is 0. The number of aromatic nitrogens is 1. The van der Waals surface area contributed by atoms with E-state index in [1.165, 1.54) is 6.20 Å². The molecule has 0 spiro atoms. The Bertz CT molecular complexity index is 451. The first-order valence-electron chi connectivity index (χ1n) is 5.62. The van der Waals surface area contributed by atoms with Crippen LogP contribution in [0.3, 0.4) is 0 Å². The van der Waals surface area contributed by atoms with Gasteiger partial charge >= 0.3 is 0 Å². The van der Waals surface area contributed by atoms with E-state index in [1.807, 2.05) is 13.8 Å². The largest absolute Gasteiger partial charge is 0.393 e. The summed E-state index contributed by atoms with van der Waals surface area (Å²) < 4.78 is 0. The number of nitrogens with two attached hydrogens (primary N) is 1. The quantitative estimate of drug-likeness (QED) is 0.843. The average Bonchev–Trinajstić information content (AvgIpc) is 2.28. The molecule has 0 aliphatic rings. The van der Waals surface area contributed by atoms with Crippen molar-refractivity contribution < 1.29 is 4.79 Å². The van der Waals surface area contributed by atoms with Gasteiger partial charge in [0.1, 0.15) is 0 Å². The van der Waals surface area contributed by atoms with Crippen molar-refractivity contribution in [1.29, 1.82) is 0 Å². The van der Waals surface area contributed by atoms with Crippen molar-refractivity contribution in [3.8, 4) is 0 Å². The summed E-state index contributed by atoms with van der Waals surface area (Å²) in [6.45, 7) is 4.36. The van der Waals surface area contributed by atoms with Crippen molar-refractivity contribution in [3.05, 3.63) is 29.0 Å². The van der Waals surface area contributed by atoms with Gasteiger partial charge in [-0.2, -0.15) is 0 Å². The number of hydrogen-bond acceptors (Lipinski definition) is 3. The van der Waals surface area contributed by atoms with E-state index in [2.05, 4.69) is 4.98 Å². The predicted molar refractivity (Wildman–Crippen MR) is 76.8 cm³/mol. The van der Waals surface area contributed by atoms with Crippen LogP contribution in [-0.2, 0) is 0 Å². The minimum atomic E-state index is -0.131. The monoisotopic (exact) mass is 285 g/mol. The molecule has 6 heteroatoms. The van der Waals surface area contributed by atoms with E-state index in [9.17, 15) is 4.79 Å². The summed E-state index contributed by atoms with van der Waals surface area (Å²) in [6.07, 6.45) is 3.51. The second-order valence-electron chi connectivity index (χ2n) is 4.16. The Kier molecular flexibility index (Phi) is 5.50. The second-order valence-corrected chi connectivity index (χ2v) is 5.10. The van der Waals surface area contributed by atoms with Gasteiger partial charge in [-0.25, -0.2) is 0 Å². The molecule has 1 heterocycles. The first-order chi connectivity index (χ1) is 8.43. The molecule has 0 aromatic carbocycles. The van der Waals surface area contributed by atoms with Crippen LogP contribution < -0.4 is 5.73 Å². The minimum absolute atomic E-state index is 0.0519. The van der Waals surface area contributed by atoms with Crippen LogP contribution in [0.2, 0.25) is 5.02 Å². The van der Waals surface area contributed by atoms with E-state index in [-0.39, 0.29) is 11.9 Å². The van der Waals surface area contributed by atoms with Crippen LogP contribution in [-0.4, -0.2) is 33.4 Å². The normalized spacial score (nSPS) is 10.4. The molecule has 0 fully saturated rings. The van der Waals surface area contributed by atoms with Crippen LogP contribution in [0, 0.1) is 0 Å². The Morgan fingerprint density at radius 2 is 2.28 bits per heavy atom. The molecule has 4 nitrogen and oxygen atoms in total. The third kappa shape index (κ3) is 3.92. The zero-order valence-electron chi connectivity index (χ0n) is 10.4. The third-order valence-electron chi connectivity index (χ3n) is 2.49. The Morgan fingerprint density at radius 1 is 1.61 bits per heavy atom. The maximum atomic E-state index is 12.3. The standard InChI is InChI=1S/C12H16ClN3OS/c1-8(2)16(6-4-11(14)18)12(17)9-3-5-15-7-10(9)13/h3,5,7-8H,4,6H2,1-2H3,(H2,14,18). The lowest BCUT2D eigenvalue weighted by Gasteiger charge is -2.27. The maximum Gasteiger partial charge on any atom is 0.255 e. The molecular weight excluding hydrogens is 270 g/mol. The summed E-state index contributed by atoms with van der Waals surface area (Å²) in [4.78, 5) is 18.3.